The summed E-state index contributed by atoms with van der Waals surface area (Å²) in [5, 5.41) is 12.1. The maximum atomic E-state index is 6.26. The minimum atomic E-state index is 0.171. The first-order valence-corrected chi connectivity index (χ1v) is 9.38. The third kappa shape index (κ3) is 3.89. The molecule has 22 heavy (non-hydrogen) atoms. The molecule has 114 valence electrons. The van der Waals surface area contributed by atoms with Gasteiger partial charge in [-0.25, -0.2) is 4.98 Å². The average molecular weight is 369 g/mol. The molecule has 0 radical (unpaired) electrons. The summed E-state index contributed by atoms with van der Waals surface area (Å²) in [5.41, 5.74) is 2.32. The lowest BCUT2D eigenvalue weighted by Crippen LogP contribution is -2.23. The molecule has 0 bridgehead atoms. The van der Waals surface area contributed by atoms with Crippen LogP contribution in [-0.4, -0.2) is 4.98 Å². The maximum absolute atomic E-state index is 6.26. The van der Waals surface area contributed by atoms with Crippen molar-refractivity contribution in [1.29, 1.82) is 0 Å². The molecule has 0 aliphatic heterocycles. The normalized spacial score (nSPS) is 12.5. The zero-order valence-corrected chi connectivity index (χ0v) is 14.8. The van der Waals surface area contributed by atoms with Gasteiger partial charge >= 0.3 is 0 Å². The van der Waals surface area contributed by atoms with Gasteiger partial charge in [-0.1, -0.05) is 35.3 Å². The molecule has 3 aromatic rings. The van der Waals surface area contributed by atoms with Gasteiger partial charge in [0.15, 0.2) is 0 Å². The van der Waals surface area contributed by atoms with Gasteiger partial charge in [-0.15, -0.1) is 11.3 Å². The molecule has 2 heterocycles. The van der Waals surface area contributed by atoms with Crippen molar-refractivity contribution in [3.8, 4) is 0 Å². The van der Waals surface area contributed by atoms with Crippen LogP contribution in [0.2, 0.25) is 10.0 Å². The summed E-state index contributed by atoms with van der Waals surface area (Å²) in [7, 11) is 0. The summed E-state index contributed by atoms with van der Waals surface area (Å²) < 4.78 is 0. The number of hydrogen-bond acceptors (Lipinski definition) is 4. The SMILES string of the molecule is Clc1cccc(CNC(Cc2ccsc2)c2nccs2)c1Cl. The van der Waals surface area contributed by atoms with Crippen molar-refractivity contribution in [2.24, 2.45) is 0 Å². The summed E-state index contributed by atoms with van der Waals surface area (Å²) in [6, 6.07) is 8.04. The molecular weight excluding hydrogens is 355 g/mol. The third-order valence-electron chi connectivity index (χ3n) is 3.34. The molecule has 0 saturated heterocycles. The van der Waals surface area contributed by atoms with Crippen LogP contribution in [0.15, 0.2) is 46.6 Å². The highest BCUT2D eigenvalue weighted by molar-refractivity contribution is 7.09. The Morgan fingerprint density at radius 1 is 1.18 bits per heavy atom. The number of hydrogen-bond donors (Lipinski definition) is 1. The van der Waals surface area contributed by atoms with E-state index in [0.717, 1.165) is 17.0 Å². The summed E-state index contributed by atoms with van der Waals surface area (Å²) in [6.45, 7) is 0.660. The van der Waals surface area contributed by atoms with E-state index in [-0.39, 0.29) is 6.04 Å². The number of thiophene rings is 1. The molecule has 0 saturated carbocycles. The van der Waals surface area contributed by atoms with E-state index in [1.165, 1.54) is 5.56 Å². The molecule has 2 aromatic heterocycles. The molecule has 2 nitrogen and oxygen atoms in total. The Morgan fingerprint density at radius 2 is 2.09 bits per heavy atom. The topological polar surface area (TPSA) is 24.9 Å². The quantitative estimate of drug-likeness (QED) is 0.613. The molecule has 0 amide bonds. The average Bonchev–Trinajstić information content (AvgIpc) is 3.20. The fraction of sp³-hybridized carbons (Fsp3) is 0.188. The second-order valence-corrected chi connectivity index (χ2v) is 7.34. The number of halogens is 2. The van der Waals surface area contributed by atoms with Gasteiger partial charge in [-0.3, -0.25) is 0 Å². The van der Waals surface area contributed by atoms with Crippen molar-refractivity contribution in [3.63, 3.8) is 0 Å². The maximum Gasteiger partial charge on any atom is 0.110 e. The summed E-state index contributed by atoms with van der Waals surface area (Å²) in [4.78, 5) is 4.45. The first-order valence-electron chi connectivity index (χ1n) is 6.81. The Kier molecular flexibility index (Phi) is 5.50. The molecule has 0 aliphatic carbocycles. The standard InChI is InChI=1S/C16H14Cl2N2S2/c17-13-3-1-2-12(15(13)18)9-20-14(16-19-5-7-22-16)8-11-4-6-21-10-11/h1-7,10,14,20H,8-9H2. The number of benzene rings is 1. The first kappa shape index (κ1) is 16.0. The molecule has 1 unspecified atom stereocenters. The van der Waals surface area contributed by atoms with E-state index in [4.69, 9.17) is 23.2 Å². The number of aromatic nitrogens is 1. The fourth-order valence-corrected chi connectivity index (χ4v) is 4.00. The van der Waals surface area contributed by atoms with Crippen molar-refractivity contribution < 1.29 is 0 Å². The van der Waals surface area contributed by atoms with Gasteiger partial charge < -0.3 is 5.32 Å². The number of thiazole rings is 1. The second-order valence-electron chi connectivity index (χ2n) is 4.85. The fourth-order valence-electron chi connectivity index (χ4n) is 2.22. The van der Waals surface area contributed by atoms with Crippen LogP contribution in [0.4, 0.5) is 0 Å². The van der Waals surface area contributed by atoms with Crippen LogP contribution in [-0.2, 0) is 13.0 Å². The van der Waals surface area contributed by atoms with E-state index in [1.54, 1.807) is 28.7 Å². The van der Waals surface area contributed by atoms with Gasteiger partial charge in [0.1, 0.15) is 5.01 Å². The molecule has 0 fully saturated rings. The van der Waals surface area contributed by atoms with Gasteiger partial charge in [0.25, 0.3) is 0 Å². The van der Waals surface area contributed by atoms with Crippen LogP contribution >= 0.6 is 45.9 Å². The second kappa shape index (κ2) is 7.57. The van der Waals surface area contributed by atoms with Crippen molar-refractivity contribution >= 4 is 45.9 Å². The Hall–Kier alpha value is -0.910. The highest BCUT2D eigenvalue weighted by atomic mass is 35.5. The van der Waals surface area contributed by atoms with E-state index in [2.05, 4.69) is 27.1 Å². The van der Waals surface area contributed by atoms with Crippen LogP contribution in [0.5, 0.6) is 0 Å². The zero-order valence-electron chi connectivity index (χ0n) is 11.6. The molecule has 6 heteroatoms. The highest BCUT2D eigenvalue weighted by Crippen LogP contribution is 2.27. The third-order valence-corrected chi connectivity index (χ3v) is 5.82. The van der Waals surface area contributed by atoms with Crippen LogP contribution in [0.3, 0.4) is 0 Å². The summed E-state index contributed by atoms with van der Waals surface area (Å²) >= 11 is 15.7. The van der Waals surface area contributed by atoms with E-state index in [1.807, 2.05) is 23.7 Å². The molecule has 0 aliphatic rings. The van der Waals surface area contributed by atoms with E-state index < -0.39 is 0 Å². The van der Waals surface area contributed by atoms with Gasteiger partial charge in [-0.05, 0) is 40.4 Å². The Morgan fingerprint density at radius 3 is 2.82 bits per heavy atom. The Labute approximate surface area is 147 Å². The van der Waals surface area contributed by atoms with Crippen molar-refractivity contribution in [2.45, 2.75) is 19.0 Å². The van der Waals surface area contributed by atoms with E-state index >= 15 is 0 Å². The van der Waals surface area contributed by atoms with Crippen LogP contribution < -0.4 is 5.32 Å². The van der Waals surface area contributed by atoms with Gasteiger partial charge in [0.05, 0.1) is 16.1 Å². The number of nitrogens with zero attached hydrogens (tertiary/aromatic N) is 1. The van der Waals surface area contributed by atoms with Crippen molar-refractivity contribution in [2.75, 3.05) is 0 Å². The first-order chi connectivity index (χ1) is 10.7. The Balaban J connectivity index is 1.74. The van der Waals surface area contributed by atoms with Gasteiger partial charge in [0.2, 0.25) is 0 Å². The minimum absolute atomic E-state index is 0.171. The lowest BCUT2D eigenvalue weighted by Gasteiger charge is -2.17. The molecule has 3 rings (SSSR count). The predicted molar refractivity (Wildman–Crippen MR) is 96.2 cm³/mol. The Bertz CT molecular complexity index is 712. The van der Waals surface area contributed by atoms with Crippen LogP contribution in [0, 0.1) is 0 Å². The monoisotopic (exact) mass is 368 g/mol. The van der Waals surface area contributed by atoms with Gasteiger partial charge in [0, 0.05) is 18.1 Å². The number of rotatable bonds is 6. The van der Waals surface area contributed by atoms with Crippen molar-refractivity contribution in [1.82, 2.24) is 10.3 Å². The lowest BCUT2D eigenvalue weighted by molar-refractivity contribution is 0.528. The molecule has 1 N–H and O–H groups in total. The minimum Gasteiger partial charge on any atom is -0.303 e. The molecule has 0 spiro atoms. The number of nitrogens with one attached hydrogen (secondary N) is 1. The van der Waals surface area contributed by atoms with Crippen molar-refractivity contribution in [3.05, 3.63) is 72.8 Å². The summed E-state index contributed by atoms with van der Waals surface area (Å²) in [5.74, 6) is 0. The van der Waals surface area contributed by atoms with E-state index in [0.29, 0.717) is 16.6 Å². The summed E-state index contributed by atoms with van der Waals surface area (Å²) in [6.07, 6.45) is 2.75. The van der Waals surface area contributed by atoms with Crippen LogP contribution in [0.1, 0.15) is 22.2 Å². The zero-order chi connectivity index (χ0) is 15.4. The molecular formula is C16H14Cl2N2S2. The lowest BCUT2D eigenvalue weighted by atomic mass is 10.1. The molecule has 1 aromatic carbocycles. The van der Waals surface area contributed by atoms with Crippen LogP contribution in [0.25, 0.3) is 0 Å². The largest absolute Gasteiger partial charge is 0.303 e. The van der Waals surface area contributed by atoms with E-state index in [9.17, 15) is 0 Å². The smallest absolute Gasteiger partial charge is 0.110 e. The molecule has 1 atom stereocenters. The van der Waals surface area contributed by atoms with Gasteiger partial charge in [-0.2, -0.15) is 11.3 Å². The predicted octanol–water partition coefficient (Wildman–Crippen LogP) is 5.59. The highest BCUT2D eigenvalue weighted by Gasteiger charge is 2.16.